The van der Waals surface area contributed by atoms with Crippen molar-refractivity contribution in [1.29, 1.82) is 0 Å². The maximum atomic E-state index is 13.3. The van der Waals surface area contributed by atoms with Crippen molar-refractivity contribution < 1.29 is 18.4 Å². The van der Waals surface area contributed by atoms with Crippen LogP contribution in [0.25, 0.3) is 0 Å². The van der Waals surface area contributed by atoms with Gasteiger partial charge in [0.1, 0.15) is 5.82 Å². The minimum atomic E-state index is -0.192. The maximum absolute atomic E-state index is 13.3. The molecule has 6 nitrogen and oxygen atoms in total. The number of halogens is 1. The van der Waals surface area contributed by atoms with Crippen molar-refractivity contribution in [3.8, 4) is 0 Å². The number of hydrogen-bond acceptors (Lipinski definition) is 5. The third-order valence-electron chi connectivity index (χ3n) is 5.34. The Labute approximate surface area is 157 Å². The molecule has 4 rings (SSSR count). The Morgan fingerprint density at radius 2 is 1.93 bits per heavy atom. The number of hydrogen-bond donors (Lipinski definition) is 0. The van der Waals surface area contributed by atoms with Crippen molar-refractivity contribution in [1.82, 2.24) is 15.0 Å². The average Bonchev–Trinajstić information content (AvgIpc) is 3.19. The topological polar surface area (TPSA) is 58.8 Å². The number of aromatic nitrogens is 1. The van der Waals surface area contributed by atoms with Gasteiger partial charge in [-0.1, -0.05) is 17.3 Å². The molecule has 0 bridgehead atoms. The number of carbonyl (C=O) groups is 1. The van der Waals surface area contributed by atoms with Gasteiger partial charge in [-0.15, -0.1) is 0 Å². The van der Waals surface area contributed by atoms with E-state index in [-0.39, 0.29) is 11.7 Å². The summed E-state index contributed by atoms with van der Waals surface area (Å²) >= 11 is 0. The van der Waals surface area contributed by atoms with E-state index in [0.717, 1.165) is 43.7 Å². The predicted molar refractivity (Wildman–Crippen MR) is 96.9 cm³/mol. The Morgan fingerprint density at radius 3 is 2.67 bits per heavy atom. The SMILES string of the molecule is O=C(c1cc(C2CCN(Cc3cccc(F)c3)CC2)no1)N1CCOCC1. The molecule has 2 aliphatic heterocycles. The highest BCUT2D eigenvalue weighted by molar-refractivity contribution is 5.91. The summed E-state index contributed by atoms with van der Waals surface area (Å²) in [5.41, 5.74) is 1.85. The molecule has 27 heavy (non-hydrogen) atoms. The summed E-state index contributed by atoms with van der Waals surface area (Å²) in [7, 11) is 0. The van der Waals surface area contributed by atoms with Gasteiger partial charge in [0.2, 0.25) is 5.76 Å². The third-order valence-corrected chi connectivity index (χ3v) is 5.34. The van der Waals surface area contributed by atoms with Crippen LogP contribution in [0.3, 0.4) is 0 Å². The lowest BCUT2D eigenvalue weighted by Crippen LogP contribution is -2.40. The van der Waals surface area contributed by atoms with E-state index < -0.39 is 0 Å². The highest BCUT2D eigenvalue weighted by Crippen LogP contribution is 2.28. The van der Waals surface area contributed by atoms with Crippen LogP contribution in [0.15, 0.2) is 34.9 Å². The van der Waals surface area contributed by atoms with Crippen molar-refractivity contribution in [2.45, 2.75) is 25.3 Å². The highest BCUT2D eigenvalue weighted by Gasteiger charge is 2.27. The first-order valence-electron chi connectivity index (χ1n) is 9.49. The molecule has 0 atom stereocenters. The molecule has 0 unspecified atom stereocenters. The van der Waals surface area contributed by atoms with E-state index in [9.17, 15) is 9.18 Å². The molecule has 2 saturated heterocycles. The number of piperidine rings is 1. The Hall–Kier alpha value is -2.25. The molecule has 0 N–H and O–H groups in total. The lowest BCUT2D eigenvalue weighted by Gasteiger charge is -2.31. The summed E-state index contributed by atoms with van der Waals surface area (Å²) < 4.78 is 23.9. The molecule has 0 aliphatic carbocycles. The zero-order chi connectivity index (χ0) is 18.6. The van der Waals surface area contributed by atoms with E-state index >= 15 is 0 Å². The van der Waals surface area contributed by atoms with Gasteiger partial charge in [-0.25, -0.2) is 4.39 Å². The lowest BCUT2D eigenvalue weighted by molar-refractivity contribution is 0.0277. The molecule has 1 aromatic heterocycles. The van der Waals surface area contributed by atoms with Gasteiger partial charge < -0.3 is 14.2 Å². The predicted octanol–water partition coefficient (Wildman–Crippen LogP) is 2.67. The van der Waals surface area contributed by atoms with Gasteiger partial charge in [0.25, 0.3) is 5.91 Å². The van der Waals surface area contributed by atoms with Crippen LogP contribution in [-0.4, -0.2) is 60.3 Å². The number of likely N-dealkylation sites (tertiary alicyclic amines) is 1. The van der Waals surface area contributed by atoms with Crippen molar-refractivity contribution in [3.63, 3.8) is 0 Å². The minimum Gasteiger partial charge on any atom is -0.378 e. The quantitative estimate of drug-likeness (QED) is 0.825. The Morgan fingerprint density at radius 1 is 1.15 bits per heavy atom. The lowest BCUT2D eigenvalue weighted by atomic mass is 9.93. The highest BCUT2D eigenvalue weighted by atomic mass is 19.1. The summed E-state index contributed by atoms with van der Waals surface area (Å²) in [4.78, 5) is 16.5. The van der Waals surface area contributed by atoms with E-state index in [1.165, 1.54) is 6.07 Å². The number of morpholine rings is 1. The first-order valence-corrected chi connectivity index (χ1v) is 9.49. The Bertz CT molecular complexity index is 780. The second-order valence-corrected chi connectivity index (χ2v) is 7.20. The summed E-state index contributed by atoms with van der Waals surface area (Å²) in [5.74, 6) is 0.306. The number of ether oxygens (including phenoxy) is 1. The van der Waals surface area contributed by atoms with E-state index in [2.05, 4.69) is 10.1 Å². The normalized spacial score (nSPS) is 19.4. The first-order chi connectivity index (χ1) is 13.2. The number of benzene rings is 1. The maximum Gasteiger partial charge on any atom is 0.292 e. The van der Waals surface area contributed by atoms with Gasteiger partial charge in [0, 0.05) is 31.6 Å². The average molecular weight is 373 g/mol. The van der Waals surface area contributed by atoms with Crippen molar-refractivity contribution in [3.05, 3.63) is 53.2 Å². The summed E-state index contributed by atoms with van der Waals surface area (Å²) in [6.45, 7) is 4.90. The van der Waals surface area contributed by atoms with Gasteiger partial charge >= 0.3 is 0 Å². The molecule has 2 fully saturated rings. The van der Waals surface area contributed by atoms with Crippen LogP contribution in [-0.2, 0) is 11.3 Å². The minimum absolute atomic E-state index is 0.111. The number of nitrogens with zero attached hydrogens (tertiary/aromatic N) is 3. The standard InChI is InChI=1S/C20H24FN3O3/c21-17-3-1-2-15(12-17)14-23-6-4-16(5-7-23)18-13-19(27-22-18)20(25)24-8-10-26-11-9-24/h1-3,12-13,16H,4-11,14H2. The first kappa shape index (κ1) is 18.1. The van der Waals surface area contributed by atoms with Crippen molar-refractivity contribution in [2.24, 2.45) is 0 Å². The monoisotopic (exact) mass is 373 g/mol. The van der Waals surface area contributed by atoms with Gasteiger partial charge in [-0.05, 0) is 43.6 Å². The zero-order valence-corrected chi connectivity index (χ0v) is 15.3. The summed E-state index contributed by atoms with van der Waals surface area (Å²) in [6.07, 6.45) is 1.90. The summed E-state index contributed by atoms with van der Waals surface area (Å²) in [6, 6.07) is 8.56. The fourth-order valence-electron chi connectivity index (χ4n) is 3.78. The molecule has 0 saturated carbocycles. The fraction of sp³-hybridized carbons (Fsp3) is 0.500. The molecule has 0 spiro atoms. The number of carbonyl (C=O) groups excluding carboxylic acids is 1. The van der Waals surface area contributed by atoms with E-state index in [1.54, 1.807) is 23.1 Å². The molecular formula is C20H24FN3O3. The van der Waals surface area contributed by atoms with Gasteiger partial charge in [0.15, 0.2) is 0 Å². The molecule has 144 valence electrons. The van der Waals surface area contributed by atoms with Crippen LogP contribution in [0.4, 0.5) is 4.39 Å². The molecule has 2 aliphatic rings. The van der Waals surface area contributed by atoms with Crippen LogP contribution in [0, 0.1) is 5.82 Å². The van der Waals surface area contributed by atoms with E-state index in [1.807, 2.05) is 6.07 Å². The molecule has 1 aromatic carbocycles. The van der Waals surface area contributed by atoms with Gasteiger partial charge in [-0.3, -0.25) is 9.69 Å². The van der Waals surface area contributed by atoms with Crippen LogP contribution in [0.1, 0.15) is 40.6 Å². The smallest absolute Gasteiger partial charge is 0.292 e. The number of amides is 1. The molecule has 3 heterocycles. The van der Waals surface area contributed by atoms with Crippen LogP contribution in [0.2, 0.25) is 0 Å². The second kappa shape index (κ2) is 8.19. The van der Waals surface area contributed by atoms with Crippen molar-refractivity contribution >= 4 is 5.91 Å². The molecule has 2 aromatic rings. The molecule has 0 radical (unpaired) electrons. The zero-order valence-electron chi connectivity index (χ0n) is 15.3. The largest absolute Gasteiger partial charge is 0.378 e. The van der Waals surface area contributed by atoms with Crippen LogP contribution >= 0.6 is 0 Å². The molecular weight excluding hydrogens is 349 g/mol. The molecule has 1 amide bonds. The fourth-order valence-corrected chi connectivity index (χ4v) is 3.78. The Kier molecular flexibility index (Phi) is 5.50. The Balaban J connectivity index is 1.32. The van der Waals surface area contributed by atoms with E-state index in [0.29, 0.717) is 38.0 Å². The second-order valence-electron chi connectivity index (χ2n) is 7.20. The van der Waals surface area contributed by atoms with Crippen LogP contribution < -0.4 is 0 Å². The van der Waals surface area contributed by atoms with Crippen molar-refractivity contribution in [2.75, 3.05) is 39.4 Å². The van der Waals surface area contributed by atoms with Crippen LogP contribution in [0.5, 0.6) is 0 Å². The third kappa shape index (κ3) is 4.36. The van der Waals surface area contributed by atoms with E-state index in [4.69, 9.17) is 9.26 Å². The summed E-state index contributed by atoms with van der Waals surface area (Å²) in [5, 5.41) is 4.15. The van der Waals surface area contributed by atoms with Gasteiger partial charge in [-0.2, -0.15) is 0 Å². The number of rotatable bonds is 4. The van der Waals surface area contributed by atoms with Gasteiger partial charge in [0.05, 0.1) is 18.9 Å². The molecule has 7 heteroatoms.